The monoisotopic (exact) mass is 752 g/mol. The summed E-state index contributed by atoms with van der Waals surface area (Å²) < 4.78 is 9.10. The minimum absolute atomic E-state index is 0.849. The minimum atomic E-state index is 0.849. The van der Waals surface area contributed by atoms with Gasteiger partial charge in [-0.1, -0.05) is 146 Å². The molecule has 0 aliphatic heterocycles. The van der Waals surface area contributed by atoms with Crippen molar-refractivity contribution in [1.29, 1.82) is 0 Å². The number of hydrogen-bond acceptors (Lipinski definition) is 2. The summed E-state index contributed by atoms with van der Waals surface area (Å²) in [7, 11) is 0. The number of nitrogens with zero attached hydrogens (tertiary/aromatic N) is 2. The van der Waals surface area contributed by atoms with E-state index in [-0.39, 0.29) is 0 Å². The van der Waals surface area contributed by atoms with Crippen LogP contribution in [-0.4, -0.2) is 4.57 Å². The maximum atomic E-state index is 6.72. The summed E-state index contributed by atoms with van der Waals surface area (Å²) in [5.74, 6) is 0. The Kier molecular flexibility index (Phi) is 7.54. The molecule has 0 aliphatic rings. The summed E-state index contributed by atoms with van der Waals surface area (Å²) in [6, 6.07) is 78.5. The van der Waals surface area contributed by atoms with Crippen molar-refractivity contribution in [3.05, 3.63) is 218 Å². The molecule has 2 aromatic heterocycles. The van der Waals surface area contributed by atoms with Crippen LogP contribution in [-0.2, 0) is 0 Å². The first-order valence-corrected chi connectivity index (χ1v) is 20.2. The average molecular weight is 753 g/mol. The standard InChI is InChI=1S/C56H36N2O/c1-2-16-41(17-3-1)57(42-31-29-37(30-32-42)40-28-27-39-15-11-22-46(50(39)35-40)45-21-10-14-38-13-4-5-18-44(38)45)43-33-34-49-55(36-43)59-54-26-12-25-53(56(49)54)58-51-23-8-6-19-47(51)48-20-7-9-24-52(48)58/h1-36H. The highest BCUT2D eigenvalue weighted by atomic mass is 16.3. The van der Waals surface area contributed by atoms with Crippen molar-refractivity contribution in [3.63, 3.8) is 0 Å². The van der Waals surface area contributed by atoms with Crippen LogP contribution in [0.25, 0.3) is 93.2 Å². The van der Waals surface area contributed by atoms with Gasteiger partial charge in [-0.2, -0.15) is 0 Å². The summed E-state index contributed by atoms with van der Waals surface area (Å²) in [6.45, 7) is 0. The molecule has 10 aromatic carbocycles. The highest BCUT2D eigenvalue weighted by molar-refractivity contribution is 6.15. The Balaban J connectivity index is 0.957. The fraction of sp³-hybridized carbons (Fsp3) is 0. The highest BCUT2D eigenvalue weighted by Gasteiger charge is 2.20. The molecule has 0 unspecified atom stereocenters. The zero-order valence-electron chi connectivity index (χ0n) is 32.1. The van der Waals surface area contributed by atoms with E-state index in [2.05, 4.69) is 228 Å². The Morgan fingerprint density at radius 1 is 0.339 bits per heavy atom. The Morgan fingerprint density at radius 3 is 1.68 bits per heavy atom. The van der Waals surface area contributed by atoms with E-state index in [0.717, 1.165) is 44.7 Å². The molecule has 0 aliphatic carbocycles. The van der Waals surface area contributed by atoms with Gasteiger partial charge in [0.25, 0.3) is 0 Å². The fourth-order valence-electron chi connectivity index (χ4n) is 9.28. The minimum Gasteiger partial charge on any atom is -0.456 e. The van der Waals surface area contributed by atoms with Crippen LogP contribution in [0.3, 0.4) is 0 Å². The molecule has 3 nitrogen and oxygen atoms in total. The molecule has 0 radical (unpaired) electrons. The first-order chi connectivity index (χ1) is 29.3. The van der Waals surface area contributed by atoms with Crippen molar-refractivity contribution in [1.82, 2.24) is 4.57 Å². The van der Waals surface area contributed by atoms with Gasteiger partial charge in [-0.05, 0) is 111 Å². The largest absolute Gasteiger partial charge is 0.456 e. The summed E-state index contributed by atoms with van der Waals surface area (Å²) >= 11 is 0. The molecule has 0 N–H and O–H groups in total. The van der Waals surface area contributed by atoms with Crippen LogP contribution in [0.2, 0.25) is 0 Å². The van der Waals surface area contributed by atoms with Crippen LogP contribution in [0.15, 0.2) is 223 Å². The van der Waals surface area contributed by atoms with Crippen LogP contribution < -0.4 is 4.90 Å². The van der Waals surface area contributed by atoms with E-state index in [4.69, 9.17) is 4.42 Å². The smallest absolute Gasteiger partial charge is 0.137 e. The van der Waals surface area contributed by atoms with Crippen molar-refractivity contribution in [3.8, 4) is 27.9 Å². The summed E-state index contributed by atoms with van der Waals surface area (Å²) in [5, 5.41) is 9.67. The predicted octanol–water partition coefficient (Wildman–Crippen LogP) is 15.8. The van der Waals surface area contributed by atoms with Gasteiger partial charge in [0.05, 0.1) is 22.1 Å². The molecule has 0 saturated heterocycles. The lowest BCUT2D eigenvalue weighted by Gasteiger charge is -2.25. The molecule has 0 fully saturated rings. The van der Waals surface area contributed by atoms with Gasteiger partial charge < -0.3 is 13.9 Å². The Hall–Kier alpha value is -7.88. The normalized spacial score (nSPS) is 11.7. The molecule has 59 heavy (non-hydrogen) atoms. The second-order valence-corrected chi connectivity index (χ2v) is 15.3. The van der Waals surface area contributed by atoms with Crippen LogP contribution >= 0.6 is 0 Å². The quantitative estimate of drug-likeness (QED) is 0.169. The Morgan fingerprint density at radius 2 is 0.915 bits per heavy atom. The zero-order valence-corrected chi connectivity index (χ0v) is 32.1. The molecule has 2 heterocycles. The number of hydrogen-bond donors (Lipinski definition) is 0. The number of para-hydroxylation sites is 3. The second kappa shape index (κ2) is 13.4. The van der Waals surface area contributed by atoms with E-state index >= 15 is 0 Å². The van der Waals surface area contributed by atoms with Crippen LogP contribution in [0.1, 0.15) is 0 Å². The third-order valence-corrected chi connectivity index (χ3v) is 12.0. The number of benzene rings is 10. The van der Waals surface area contributed by atoms with Gasteiger partial charge in [0.1, 0.15) is 11.2 Å². The molecule has 12 rings (SSSR count). The molecule has 0 atom stereocenters. The Bertz CT molecular complexity index is 3500. The third-order valence-electron chi connectivity index (χ3n) is 12.0. The predicted molar refractivity (Wildman–Crippen MR) is 249 cm³/mol. The van der Waals surface area contributed by atoms with Crippen molar-refractivity contribution in [2.24, 2.45) is 0 Å². The van der Waals surface area contributed by atoms with E-state index in [0.29, 0.717) is 0 Å². The highest BCUT2D eigenvalue weighted by Crippen LogP contribution is 2.43. The lowest BCUT2D eigenvalue weighted by molar-refractivity contribution is 0.669. The van der Waals surface area contributed by atoms with E-state index < -0.39 is 0 Å². The number of furan rings is 1. The van der Waals surface area contributed by atoms with Crippen molar-refractivity contribution >= 4 is 82.4 Å². The van der Waals surface area contributed by atoms with Gasteiger partial charge in [-0.15, -0.1) is 0 Å². The van der Waals surface area contributed by atoms with Crippen molar-refractivity contribution in [2.45, 2.75) is 0 Å². The number of rotatable bonds is 6. The first-order valence-electron chi connectivity index (χ1n) is 20.2. The maximum absolute atomic E-state index is 6.72. The van der Waals surface area contributed by atoms with Crippen LogP contribution in [0.5, 0.6) is 0 Å². The van der Waals surface area contributed by atoms with E-state index in [1.165, 1.54) is 65.6 Å². The molecular weight excluding hydrogens is 717 g/mol. The van der Waals surface area contributed by atoms with Gasteiger partial charge in [-0.25, -0.2) is 0 Å². The van der Waals surface area contributed by atoms with Crippen LogP contribution in [0.4, 0.5) is 17.1 Å². The Labute approximate surface area is 341 Å². The molecule has 0 spiro atoms. The summed E-state index contributed by atoms with van der Waals surface area (Å²) in [5.41, 5.74) is 13.2. The van der Waals surface area contributed by atoms with Gasteiger partial charge in [-0.3, -0.25) is 0 Å². The molecule has 0 saturated carbocycles. The fourth-order valence-corrected chi connectivity index (χ4v) is 9.28. The van der Waals surface area contributed by atoms with E-state index in [1.807, 2.05) is 0 Å². The molecule has 0 bridgehead atoms. The summed E-state index contributed by atoms with van der Waals surface area (Å²) in [6.07, 6.45) is 0. The number of aromatic nitrogens is 1. The third kappa shape index (κ3) is 5.36. The summed E-state index contributed by atoms with van der Waals surface area (Å²) in [4.78, 5) is 2.31. The van der Waals surface area contributed by atoms with E-state index in [9.17, 15) is 0 Å². The molecule has 276 valence electrons. The SMILES string of the molecule is c1ccc(N(c2ccc(-c3ccc4cccc(-c5cccc6ccccc56)c4c3)cc2)c2ccc3c(c2)oc2cccc(-n4c5ccccc5c5ccccc54)c23)cc1. The number of fused-ring (bicyclic) bond motifs is 8. The topological polar surface area (TPSA) is 21.3 Å². The average Bonchev–Trinajstić information content (AvgIpc) is 3.85. The van der Waals surface area contributed by atoms with Gasteiger partial charge in [0.2, 0.25) is 0 Å². The van der Waals surface area contributed by atoms with Crippen molar-refractivity contribution < 1.29 is 4.42 Å². The number of anilines is 3. The maximum Gasteiger partial charge on any atom is 0.137 e. The van der Waals surface area contributed by atoms with Gasteiger partial charge >= 0.3 is 0 Å². The lowest BCUT2D eigenvalue weighted by Crippen LogP contribution is -2.09. The van der Waals surface area contributed by atoms with Crippen molar-refractivity contribution in [2.75, 3.05) is 4.90 Å². The molecular formula is C56H36N2O. The molecule has 12 aromatic rings. The van der Waals surface area contributed by atoms with E-state index in [1.54, 1.807) is 0 Å². The van der Waals surface area contributed by atoms with Crippen LogP contribution in [0, 0.1) is 0 Å². The second-order valence-electron chi connectivity index (χ2n) is 15.3. The van der Waals surface area contributed by atoms with Gasteiger partial charge in [0.15, 0.2) is 0 Å². The van der Waals surface area contributed by atoms with Gasteiger partial charge in [0, 0.05) is 39.3 Å². The lowest BCUT2D eigenvalue weighted by atomic mass is 9.92. The first kappa shape index (κ1) is 33.3. The molecule has 3 heteroatoms. The molecule has 0 amide bonds. The zero-order chi connectivity index (χ0) is 38.9.